The second-order valence-electron chi connectivity index (χ2n) is 5.26. The topological polar surface area (TPSA) is 87.2 Å². The van der Waals surface area contributed by atoms with Crippen molar-refractivity contribution in [3.8, 4) is 0 Å². The lowest BCUT2D eigenvalue weighted by Crippen LogP contribution is -2.44. The van der Waals surface area contributed by atoms with Gasteiger partial charge in [-0.05, 0) is 12.8 Å². The van der Waals surface area contributed by atoms with E-state index in [4.69, 9.17) is 9.84 Å². The third kappa shape index (κ3) is 2.92. The smallest absolute Gasteiger partial charge is 0.326 e. The van der Waals surface area contributed by atoms with Crippen molar-refractivity contribution in [3.63, 3.8) is 0 Å². The molecule has 0 aromatic rings. The van der Waals surface area contributed by atoms with Gasteiger partial charge in [-0.1, -0.05) is 0 Å². The van der Waals surface area contributed by atoms with Crippen LogP contribution in [-0.4, -0.2) is 72.1 Å². The lowest BCUT2D eigenvalue weighted by atomic mass is 10.1. The number of carbonyl (C=O) groups excluding carboxylic acids is 2. The van der Waals surface area contributed by atoms with Crippen LogP contribution < -0.4 is 0 Å². The number of ether oxygens (including phenoxy) is 1. The number of amides is 2. The molecule has 2 aliphatic rings. The summed E-state index contributed by atoms with van der Waals surface area (Å²) in [4.78, 5) is 38.3. The van der Waals surface area contributed by atoms with Gasteiger partial charge in [0.1, 0.15) is 6.04 Å². The fraction of sp³-hybridized carbons (Fsp3) is 0.769. The number of carboxylic acids is 1. The van der Waals surface area contributed by atoms with Crippen molar-refractivity contribution in [1.82, 2.24) is 9.80 Å². The van der Waals surface area contributed by atoms with Gasteiger partial charge in [0.25, 0.3) is 0 Å². The van der Waals surface area contributed by atoms with E-state index >= 15 is 0 Å². The standard InChI is InChI=1S/C13H20N2O5/c1-20-6-5-14-8-9(7-11(14)16)12(17)15-4-2-3-10(15)13(18)19/h9-10H,2-8H2,1H3,(H,18,19)/t9?,10-/m0/s1. The fourth-order valence-electron chi connectivity index (χ4n) is 2.88. The number of hydrogen-bond donors (Lipinski definition) is 1. The zero-order valence-corrected chi connectivity index (χ0v) is 11.6. The molecule has 0 spiro atoms. The quantitative estimate of drug-likeness (QED) is 0.739. The summed E-state index contributed by atoms with van der Waals surface area (Å²) < 4.78 is 4.93. The molecule has 0 bridgehead atoms. The molecule has 0 aromatic carbocycles. The van der Waals surface area contributed by atoms with Crippen LogP contribution in [0.2, 0.25) is 0 Å². The van der Waals surface area contributed by atoms with Crippen molar-refractivity contribution in [2.75, 3.05) is 33.4 Å². The molecule has 0 aliphatic carbocycles. The molecule has 0 aromatic heterocycles. The first-order valence-electron chi connectivity index (χ1n) is 6.84. The van der Waals surface area contributed by atoms with Gasteiger partial charge in [0, 0.05) is 33.2 Å². The molecule has 1 unspecified atom stereocenters. The molecule has 2 rings (SSSR count). The minimum Gasteiger partial charge on any atom is -0.480 e. The minimum absolute atomic E-state index is 0.0635. The summed E-state index contributed by atoms with van der Waals surface area (Å²) in [6, 6.07) is -0.731. The third-order valence-corrected chi connectivity index (χ3v) is 3.95. The van der Waals surface area contributed by atoms with E-state index in [1.807, 2.05) is 0 Å². The molecule has 2 atom stereocenters. The molecule has 2 aliphatic heterocycles. The monoisotopic (exact) mass is 284 g/mol. The summed E-state index contributed by atoms with van der Waals surface area (Å²) in [5.41, 5.74) is 0. The number of carboxylic acid groups (broad SMARTS) is 1. The Balaban J connectivity index is 1.96. The number of carbonyl (C=O) groups is 3. The van der Waals surface area contributed by atoms with Crippen LogP contribution in [0.15, 0.2) is 0 Å². The Kier molecular flexibility index (Phi) is 4.59. The molecule has 2 heterocycles. The Bertz CT molecular complexity index is 412. The number of rotatable bonds is 5. The van der Waals surface area contributed by atoms with Crippen LogP contribution in [0, 0.1) is 5.92 Å². The van der Waals surface area contributed by atoms with Gasteiger partial charge in [-0.2, -0.15) is 0 Å². The van der Waals surface area contributed by atoms with E-state index in [0.29, 0.717) is 39.1 Å². The number of methoxy groups -OCH3 is 1. The normalized spacial score (nSPS) is 26.4. The van der Waals surface area contributed by atoms with Crippen LogP contribution in [0.1, 0.15) is 19.3 Å². The molecular weight excluding hydrogens is 264 g/mol. The molecule has 0 radical (unpaired) electrons. The molecule has 112 valence electrons. The number of hydrogen-bond acceptors (Lipinski definition) is 4. The Morgan fingerprint density at radius 3 is 2.85 bits per heavy atom. The van der Waals surface area contributed by atoms with Gasteiger partial charge >= 0.3 is 5.97 Å². The first-order valence-corrected chi connectivity index (χ1v) is 6.84. The lowest BCUT2D eigenvalue weighted by molar-refractivity contribution is -0.149. The maximum atomic E-state index is 12.4. The van der Waals surface area contributed by atoms with E-state index in [-0.39, 0.29) is 18.2 Å². The van der Waals surface area contributed by atoms with Crippen molar-refractivity contribution in [2.24, 2.45) is 5.92 Å². The summed E-state index contributed by atoms with van der Waals surface area (Å²) in [6.07, 6.45) is 1.37. The van der Waals surface area contributed by atoms with E-state index in [9.17, 15) is 14.4 Å². The number of aliphatic carboxylic acids is 1. The minimum atomic E-state index is -0.962. The van der Waals surface area contributed by atoms with E-state index in [2.05, 4.69) is 0 Å². The largest absolute Gasteiger partial charge is 0.480 e. The van der Waals surface area contributed by atoms with Crippen LogP contribution in [0.5, 0.6) is 0 Å². The number of likely N-dealkylation sites (tertiary alicyclic amines) is 2. The highest BCUT2D eigenvalue weighted by molar-refractivity contribution is 5.91. The van der Waals surface area contributed by atoms with Gasteiger partial charge in [0.15, 0.2) is 0 Å². The maximum absolute atomic E-state index is 12.4. The molecule has 2 saturated heterocycles. The maximum Gasteiger partial charge on any atom is 0.326 e. The lowest BCUT2D eigenvalue weighted by Gasteiger charge is -2.24. The average molecular weight is 284 g/mol. The molecule has 20 heavy (non-hydrogen) atoms. The molecular formula is C13H20N2O5. The number of nitrogens with zero attached hydrogens (tertiary/aromatic N) is 2. The Labute approximate surface area is 117 Å². The van der Waals surface area contributed by atoms with E-state index < -0.39 is 17.9 Å². The zero-order valence-electron chi connectivity index (χ0n) is 11.6. The Hall–Kier alpha value is -1.63. The third-order valence-electron chi connectivity index (χ3n) is 3.95. The van der Waals surface area contributed by atoms with Crippen LogP contribution in [-0.2, 0) is 19.1 Å². The SMILES string of the molecule is COCCN1CC(C(=O)N2CCC[C@H]2C(=O)O)CC1=O. The van der Waals surface area contributed by atoms with Crippen molar-refractivity contribution >= 4 is 17.8 Å². The fourth-order valence-corrected chi connectivity index (χ4v) is 2.88. The van der Waals surface area contributed by atoms with Crippen LogP contribution in [0.3, 0.4) is 0 Å². The van der Waals surface area contributed by atoms with Crippen molar-refractivity contribution in [1.29, 1.82) is 0 Å². The molecule has 2 fully saturated rings. The zero-order chi connectivity index (χ0) is 14.7. The highest BCUT2D eigenvalue weighted by Crippen LogP contribution is 2.25. The van der Waals surface area contributed by atoms with Gasteiger partial charge in [-0.15, -0.1) is 0 Å². The highest BCUT2D eigenvalue weighted by atomic mass is 16.5. The van der Waals surface area contributed by atoms with E-state index in [1.54, 1.807) is 12.0 Å². The van der Waals surface area contributed by atoms with Gasteiger partial charge in [0.2, 0.25) is 11.8 Å². The summed E-state index contributed by atoms with van der Waals surface area (Å²) in [5, 5.41) is 9.11. The van der Waals surface area contributed by atoms with Crippen LogP contribution >= 0.6 is 0 Å². The molecule has 7 heteroatoms. The molecule has 0 saturated carbocycles. The second-order valence-corrected chi connectivity index (χ2v) is 5.26. The predicted molar refractivity (Wildman–Crippen MR) is 68.9 cm³/mol. The van der Waals surface area contributed by atoms with Gasteiger partial charge in [0.05, 0.1) is 12.5 Å². The predicted octanol–water partition coefficient (Wildman–Crippen LogP) is -0.443. The summed E-state index contributed by atoms with van der Waals surface area (Å²) >= 11 is 0. The first-order chi connectivity index (χ1) is 9.54. The van der Waals surface area contributed by atoms with Gasteiger partial charge < -0.3 is 19.6 Å². The van der Waals surface area contributed by atoms with Crippen molar-refractivity contribution < 1.29 is 24.2 Å². The molecule has 1 N–H and O–H groups in total. The van der Waals surface area contributed by atoms with E-state index in [1.165, 1.54) is 4.90 Å². The Morgan fingerprint density at radius 2 is 2.20 bits per heavy atom. The first kappa shape index (κ1) is 14.8. The van der Waals surface area contributed by atoms with Crippen molar-refractivity contribution in [3.05, 3.63) is 0 Å². The molecule has 7 nitrogen and oxygen atoms in total. The summed E-state index contributed by atoms with van der Waals surface area (Å²) in [6.45, 7) is 1.75. The summed E-state index contributed by atoms with van der Waals surface area (Å²) in [5.74, 6) is -1.65. The van der Waals surface area contributed by atoms with Gasteiger partial charge in [-0.25, -0.2) is 4.79 Å². The van der Waals surface area contributed by atoms with Crippen LogP contribution in [0.4, 0.5) is 0 Å². The van der Waals surface area contributed by atoms with Crippen molar-refractivity contribution in [2.45, 2.75) is 25.3 Å². The second kappa shape index (κ2) is 6.21. The van der Waals surface area contributed by atoms with Gasteiger partial charge in [-0.3, -0.25) is 9.59 Å². The summed E-state index contributed by atoms with van der Waals surface area (Å²) in [7, 11) is 1.56. The highest BCUT2D eigenvalue weighted by Gasteiger charge is 2.41. The Morgan fingerprint density at radius 1 is 1.45 bits per heavy atom. The molecule has 2 amide bonds. The van der Waals surface area contributed by atoms with E-state index in [0.717, 1.165) is 0 Å². The van der Waals surface area contributed by atoms with Crippen LogP contribution in [0.25, 0.3) is 0 Å². The average Bonchev–Trinajstić information content (AvgIpc) is 3.02.